The number of carbonyl (C=O) groups is 3. The first-order chi connectivity index (χ1) is 23.5. The molecule has 0 aromatic heterocycles. The zero-order valence-corrected chi connectivity index (χ0v) is 28.7. The second-order valence-electron chi connectivity index (χ2n) is 13.0. The summed E-state index contributed by atoms with van der Waals surface area (Å²) in [6.07, 6.45) is -0.147. The summed E-state index contributed by atoms with van der Waals surface area (Å²) in [5, 5.41) is 16.6. The van der Waals surface area contributed by atoms with Crippen molar-refractivity contribution in [2.24, 2.45) is 11.8 Å². The Balaban J connectivity index is 1.66. The summed E-state index contributed by atoms with van der Waals surface area (Å²) in [5.74, 6) is -2.24. The molecule has 2 aliphatic heterocycles. The Hall–Kier alpha value is -4.77. The zero-order valence-electron chi connectivity index (χ0n) is 28.7. The van der Waals surface area contributed by atoms with Crippen LogP contribution in [0.5, 0.6) is 23.0 Å². The van der Waals surface area contributed by atoms with E-state index in [2.05, 4.69) is 5.32 Å². The average molecular weight is 673 g/mol. The van der Waals surface area contributed by atoms with Crippen molar-refractivity contribution in [1.82, 2.24) is 10.2 Å². The molecule has 260 valence electrons. The van der Waals surface area contributed by atoms with Gasteiger partial charge in [0.15, 0.2) is 17.3 Å². The second-order valence-corrected chi connectivity index (χ2v) is 13.0. The fourth-order valence-electron chi connectivity index (χ4n) is 7.93. The van der Waals surface area contributed by atoms with Crippen molar-refractivity contribution in [3.05, 3.63) is 83.4 Å². The quantitative estimate of drug-likeness (QED) is 0.296. The maximum Gasteiger partial charge on any atom is 0.303 e. The molecule has 6 rings (SSSR count). The molecule has 0 radical (unpaired) electrons. The maximum atomic E-state index is 15.4. The first-order valence-corrected chi connectivity index (χ1v) is 16.7. The molecule has 11 nitrogen and oxygen atoms in total. The Morgan fingerprint density at radius 3 is 2.31 bits per heavy atom. The molecule has 2 fully saturated rings. The van der Waals surface area contributed by atoms with Gasteiger partial charge in [0.05, 0.1) is 32.8 Å². The number of likely N-dealkylation sites (tertiary alicyclic amines) is 1. The molecule has 2 bridgehead atoms. The molecule has 3 aromatic carbocycles. The topological polar surface area (TPSA) is 133 Å². The summed E-state index contributed by atoms with van der Waals surface area (Å²) in [6.45, 7) is 5.41. The van der Waals surface area contributed by atoms with E-state index in [0.717, 1.165) is 0 Å². The van der Waals surface area contributed by atoms with Crippen LogP contribution in [0.15, 0.2) is 66.7 Å². The minimum atomic E-state index is -2.18. The average Bonchev–Trinajstić information content (AvgIpc) is 3.63. The van der Waals surface area contributed by atoms with E-state index in [1.807, 2.05) is 44.2 Å². The number of benzene rings is 3. The van der Waals surface area contributed by atoms with Crippen molar-refractivity contribution in [2.75, 3.05) is 27.9 Å². The molecule has 7 atom stereocenters. The monoisotopic (exact) mass is 672 g/mol. The minimum absolute atomic E-state index is 0.148. The van der Waals surface area contributed by atoms with Gasteiger partial charge in [-0.2, -0.15) is 0 Å². The molecular formula is C38H44N2O9. The summed E-state index contributed by atoms with van der Waals surface area (Å²) in [6, 6.07) is 19.7. The highest BCUT2D eigenvalue weighted by molar-refractivity contribution is 5.86. The Bertz CT molecular complexity index is 1710. The molecule has 3 aromatic rings. The van der Waals surface area contributed by atoms with Gasteiger partial charge >= 0.3 is 5.97 Å². The SMILES string of the molecule is CCC(C)C(=O)N[C@@H]1CCCN1C(=O)C1[C@H](c2ccccc2)[C@]2(c3ccc(OC)cc3)Oc3cc(OC)cc(OC)c3[C@@]1(O)[C@H]2OC(C)=O. The number of nitrogens with one attached hydrogen (secondary N) is 1. The van der Waals surface area contributed by atoms with Gasteiger partial charge in [0.2, 0.25) is 11.8 Å². The molecule has 2 N–H and O–H groups in total. The van der Waals surface area contributed by atoms with E-state index in [4.69, 9.17) is 23.7 Å². The van der Waals surface area contributed by atoms with Crippen LogP contribution in [-0.2, 0) is 30.3 Å². The third kappa shape index (κ3) is 5.44. The molecule has 0 spiro atoms. The normalized spacial score (nSPS) is 27.4. The van der Waals surface area contributed by atoms with Gasteiger partial charge < -0.3 is 39.0 Å². The van der Waals surface area contributed by atoms with Crippen molar-refractivity contribution < 1.29 is 43.2 Å². The number of hydrogen-bond acceptors (Lipinski definition) is 9. The van der Waals surface area contributed by atoms with E-state index < -0.39 is 47.2 Å². The van der Waals surface area contributed by atoms with Crippen molar-refractivity contribution >= 4 is 17.8 Å². The van der Waals surface area contributed by atoms with Gasteiger partial charge in [-0.05, 0) is 37.0 Å². The summed E-state index contributed by atoms with van der Waals surface area (Å²) >= 11 is 0. The predicted molar refractivity (Wildman–Crippen MR) is 179 cm³/mol. The lowest BCUT2D eigenvalue weighted by Gasteiger charge is -2.46. The van der Waals surface area contributed by atoms with Crippen LogP contribution in [0.3, 0.4) is 0 Å². The van der Waals surface area contributed by atoms with Gasteiger partial charge in [-0.15, -0.1) is 0 Å². The fourth-order valence-corrected chi connectivity index (χ4v) is 7.93. The van der Waals surface area contributed by atoms with Gasteiger partial charge in [-0.1, -0.05) is 56.3 Å². The lowest BCUT2D eigenvalue weighted by Crippen LogP contribution is -2.57. The van der Waals surface area contributed by atoms with Crippen LogP contribution in [-0.4, -0.2) is 67.9 Å². The lowest BCUT2D eigenvalue weighted by molar-refractivity contribution is -0.196. The summed E-state index contributed by atoms with van der Waals surface area (Å²) in [5.41, 5.74) is -2.40. The third-order valence-electron chi connectivity index (χ3n) is 10.4. The molecule has 1 saturated heterocycles. The molecule has 1 aliphatic carbocycles. The highest BCUT2D eigenvalue weighted by atomic mass is 16.6. The largest absolute Gasteiger partial charge is 0.497 e. The van der Waals surface area contributed by atoms with Gasteiger partial charge in [-0.25, -0.2) is 0 Å². The highest BCUT2D eigenvalue weighted by Gasteiger charge is 2.78. The van der Waals surface area contributed by atoms with E-state index in [1.54, 1.807) is 48.4 Å². The Morgan fingerprint density at radius 2 is 1.69 bits per heavy atom. The number of ether oxygens (including phenoxy) is 5. The number of aliphatic hydroxyl groups is 1. The Kier molecular flexibility index (Phi) is 9.23. The number of nitrogens with zero attached hydrogens (tertiary/aromatic N) is 1. The van der Waals surface area contributed by atoms with Crippen LogP contribution in [0.1, 0.15) is 62.6 Å². The standard InChI is InChI=1S/C38H44N2O9/c1-7-22(2)34(42)39-30-14-11-19-40(30)35(43)33-31(24-12-9-8-10-13-24)38(25-15-17-26(45-4)18-16-25)36(48-23(3)41)37(33,44)32-28(47-6)20-27(46-5)21-29(32)49-38/h8-10,12-13,15-18,20-22,30-31,33,36,44H,7,11,14,19H2,1-6H3,(H,39,42)/t22?,30-,31-,33?,36+,37-,38-/m0/s1. The first-order valence-electron chi connectivity index (χ1n) is 16.7. The van der Waals surface area contributed by atoms with E-state index >= 15 is 4.79 Å². The number of esters is 1. The second kappa shape index (κ2) is 13.3. The molecule has 1 saturated carbocycles. The van der Waals surface area contributed by atoms with Gasteiger partial charge in [-0.3, -0.25) is 14.4 Å². The predicted octanol–water partition coefficient (Wildman–Crippen LogP) is 4.64. The first kappa shape index (κ1) is 34.1. The van der Waals surface area contributed by atoms with Crippen LogP contribution in [0.25, 0.3) is 0 Å². The third-order valence-corrected chi connectivity index (χ3v) is 10.4. The van der Waals surface area contributed by atoms with Gasteiger partial charge in [0, 0.05) is 43.0 Å². The summed E-state index contributed by atoms with van der Waals surface area (Å²) in [4.78, 5) is 43.2. The summed E-state index contributed by atoms with van der Waals surface area (Å²) in [7, 11) is 4.52. The number of carbonyl (C=O) groups excluding carboxylic acids is 3. The number of fused-ring (bicyclic) bond motifs is 4. The fraction of sp³-hybridized carbons (Fsp3) is 0.447. The van der Waals surface area contributed by atoms with E-state index in [0.29, 0.717) is 48.4 Å². The number of hydrogen-bond donors (Lipinski definition) is 2. The van der Waals surface area contributed by atoms with E-state index in [9.17, 15) is 14.7 Å². The van der Waals surface area contributed by atoms with Crippen molar-refractivity contribution in [3.8, 4) is 23.0 Å². The van der Waals surface area contributed by atoms with E-state index in [1.165, 1.54) is 21.1 Å². The van der Waals surface area contributed by atoms with Gasteiger partial charge in [0.1, 0.15) is 29.2 Å². The van der Waals surface area contributed by atoms with Crippen molar-refractivity contribution in [1.29, 1.82) is 0 Å². The molecule has 3 aliphatic rings. The highest BCUT2D eigenvalue weighted by Crippen LogP contribution is 2.69. The molecular weight excluding hydrogens is 628 g/mol. The minimum Gasteiger partial charge on any atom is -0.497 e. The molecule has 11 heteroatoms. The molecule has 2 unspecified atom stereocenters. The van der Waals surface area contributed by atoms with Crippen LogP contribution in [0.4, 0.5) is 0 Å². The smallest absolute Gasteiger partial charge is 0.303 e. The number of rotatable bonds is 10. The van der Waals surface area contributed by atoms with Gasteiger partial charge in [0.25, 0.3) is 0 Å². The van der Waals surface area contributed by atoms with Crippen LogP contribution in [0.2, 0.25) is 0 Å². The van der Waals surface area contributed by atoms with Crippen LogP contribution >= 0.6 is 0 Å². The Labute approximate surface area is 286 Å². The molecule has 2 amide bonds. The lowest BCUT2D eigenvalue weighted by atomic mass is 9.75. The maximum absolute atomic E-state index is 15.4. The van der Waals surface area contributed by atoms with Crippen LogP contribution < -0.4 is 24.3 Å². The zero-order chi connectivity index (χ0) is 35.1. The van der Waals surface area contributed by atoms with Crippen molar-refractivity contribution in [2.45, 2.75) is 69.4 Å². The number of methoxy groups -OCH3 is 3. The van der Waals surface area contributed by atoms with Crippen LogP contribution in [0, 0.1) is 11.8 Å². The molecule has 2 heterocycles. The summed E-state index contributed by atoms with van der Waals surface area (Å²) < 4.78 is 30.2. The Morgan fingerprint density at radius 1 is 1.00 bits per heavy atom. The van der Waals surface area contributed by atoms with Crippen molar-refractivity contribution in [3.63, 3.8) is 0 Å². The number of amides is 2. The molecule has 49 heavy (non-hydrogen) atoms. The van der Waals surface area contributed by atoms with E-state index in [-0.39, 0.29) is 28.9 Å².